The van der Waals surface area contributed by atoms with Crippen molar-refractivity contribution in [2.75, 3.05) is 7.11 Å². The minimum Gasteiger partial charge on any atom is -0.469 e. The highest BCUT2D eigenvalue weighted by Crippen LogP contribution is 2.32. The van der Waals surface area contributed by atoms with E-state index in [-0.39, 0.29) is 5.69 Å². The SMILES string of the molecule is COC(=O)Cc1cc(C(F)F)c(CN)c(OC(F)(F)F)n1. The van der Waals surface area contributed by atoms with Gasteiger partial charge in [-0.25, -0.2) is 13.8 Å². The first-order valence-electron chi connectivity index (χ1n) is 5.51. The van der Waals surface area contributed by atoms with Crippen LogP contribution in [0.5, 0.6) is 5.88 Å². The van der Waals surface area contributed by atoms with Crippen molar-refractivity contribution < 1.29 is 36.2 Å². The van der Waals surface area contributed by atoms with Gasteiger partial charge in [0.1, 0.15) is 0 Å². The highest BCUT2D eigenvalue weighted by Gasteiger charge is 2.34. The van der Waals surface area contributed by atoms with Gasteiger partial charge in [0.25, 0.3) is 6.43 Å². The van der Waals surface area contributed by atoms with E-state index < -0.39 is 48.7 Å². The van der Waals surface area contributed by atoms with Gasteiger partial charge >= 0.3 is 12.3 Å². The molecule has 0 amide bonds. The van der Waals surface area contributed by atoms with Crippen LogP contribution in [0.15, 0.2) is 6.07 Å². The summed E-state index contributed by atoms with van der Waals surface area (Å²) in [4.78, 5) is 14.5. The van der Waals surface area contributed by atoms with Crippen molar-refractivity contribution >= 4 is 5.97 Å². The summed E-state index contributed by atoms with van der Waals surface area (Å²) >= 11 is 0. The van der Waals surface area contributed by atoms with Gasteiger partial charge in [-0.2, -0.15) is 0 Å². The van der Waals surface area contributed by atoms with Crippen molar-refractivity contribution in [3.8, 4) is 5.88 Å². The van der Waals surface area contributed by atoms with Gasteiger partial charge in [-0.15, -0.1) is 13.2 Å². The molecule has 10 heteroatoms. The third kappa shape index (κ3) is 4.81. The first kappa shape index (κ1) is 17.1. The summed E-state index contributed by atoms with van der Waals surface area (Å²) in [5.41, 5.74) is 3.49. The number of carbonyl (C=O) groups excluding carboxylic acids is 1. The van der Waals surface area contributed by atoms with Crippen LogP contribution in [-0.4, -0.2) is 24.4 Å². The van der Waals surface area contributed by atoms with E-state index in [0.717, 1.165) is 13.2 Å². The molecule has 1 aromatic rings. The number of carbonyl (C=O) groups is 1. The quantitative estimate of drug-likeness (QED) is 0.665. The molecule has 1 rings (SSSR count). The Morgan fingerprint density at radius 2 is 2.05 bits per heavy atom. The maximum Gasteiger partial charge on any atom is 0.574 e. The molecule has 0 unspecified atom stereocenters. The Hall–Kier alpha value is -1.97. The molecule has 21 heavy (non-hydrogen) atoms. The van der Waals surface area contributed by atoms with Crippen LogP contribution in [0.3, 0.4) is 0 Å². The van der Waals surface area contributed by atoms with Crippen LogP contribution in [0.4, 0.5) is 22.0 Å². The average Bonchev–Trinajstić information content (AvgIpc) is 2.36. The van der Waals surface area contributed by atoms with Gasteiger partial charge in [0.15, 0.2) is 0 Å². The van der Waals surface area contributed by atoms with E-state index >= 15 is 0 Å². The van der Waals surface area contributed by atoms with Gasteiger partial charge < -0.3 is 15.2 Å². The first-order valence-corrected chi connectivity index (χ1v) is 5.51. The molecule has 0 fully saturated rings. The molecule has 1 heterocycles. The molecular weight excluding hydrogens is 303 g/mol. The minimum atomic E-state index is -5.12. The summed E-state index contributed by atoms with van der Waals surface area (Å²) in [6.07, 6.45) is -8.80. The standard InChI is InChI=1S/C11H11F5N2O3/c1-20-8(19)3-5-2-6(9(12)13)7(4-17)10(18-5)21-11(14,15)16/h2,9H,3-4,17H2,1H3. The lowest BCUT2D eigenvalue weighted by molar-refractivity contribution is -0.276. The van der Waals surface area contributed by atoms with E-state index in [1.54, 1.807) is 0 Å². The number of nitrogens with zero attached hydrogens (tertiary/aromatic N) is 1. The molecule has 0 aliphatic heterocycles. The summed E-state index contributed by atoms with van der Waals surface area (Å²) in [6, 6.07) is 0.799. The third-order valence-corrected chi connectivity index (χ3v) is 2.38. The van der Waals surface area contributed by atoms with E-state index in [1.807, 2.05) is 0 Å². The van der Waals surface area contributed by atoms with Gasteiger partial charge in [0, 0.05) is 17.7 Å². The molecule has 0 saturated carbocycles. The number of esters is 1. The van der Waals surface area contributed by atoms with E-state index in [4.69, 9.17) is 5.73 Å². The van der Waals surface area contributed by atoms with Crippen molar-refractivity contribution in [3.05, 3.63) is 22.9 Å². The number of aromatic nitrogens is 1. The summed E-state index contributed by atoms with van der Waals surface area (Å²) < 4.78 is 70.5. The van der Waals surface area contributed by atoms with Gasteiger partial charge in [-0.05, 0) is 6.07 Å². The van der Waals surface area contributed by atoms with E-state index in [2.05, 4.69) is 14.5 Å². The average molecular weight is 314 g/mol. The normalized spacial score (nSPS) is 11.6. The molecule has 0 aromatic carbocycles. The summed E-state index contributed by atoms with van der Waals surface area (Å²) in [5.74, 6) is -1.94. The van der Waals surface area contributed by atoms with Crippen LogP contribution in [0.1, 0.15) is 23.2 Å². The second-order valence-electron chi connectivity index (χ2n) is 3.79. The lowest BCUT2D eigenvalue weighted by Crippen LogP contribution is -2.21. The number of pyridine rings is 1. The smallest absolute Gasteiger partial charge is 0.469 e. The largest absolute Gasteiger partial charge is 0.574 e. The van der Waals surface area contributed by atoms with Gasteiger partial charge in [-0.3, -0.25) is 4.79 Å². The van der Waals surface area contributed by atoms with Crippen LogP contribution < -0.4 is 10.5 Å². The maximum atomic E-state index is 12.9. The number of ether oxygens (including phenoxy) is 2. The fourth-order valence-electron chi connectivity index (χ4n) is 1.52. The molecule has 5 nitrogen and oxygen atoms in total. The molecule has 0 aliphatic carbocycles. The number of halogens is 5. The van der Waals surface area contributed by atoms with Gasteiger partial charge in [0.2, 0.25) is 5.88 Å². The molecule has 0 bridgehead atoms. The third-order valence-electron chi connectivity index (χ3n) is 2.38. The second kappa shape index (κ2) is 6.66. The first-order chi connectivity index (χ1) is 9.67. The number of alkyl halides is 5. The fraction of sp³-hybridized carbons (Fsp3) is 0.455. The molecule has 0 saturated heterocycles. The molecule has 1 aromatic heterocycles. The van der Waals surface area contributed by atoms with E-state index in [0.29, 0.717) is 0 Å². The van der Waals surface area contributed by atoms with E-state index in [9.17, 15) is 26.7 Å². The van der Waals surface area contributed by atoms with Gasteiger partial charge in [-0.1, -0.05) is 0 Å². The van der Waals surface area contributed by atoms with E-state index in [1.165, 1.54) is 0 Å². The number of hydrogen-bond donors (Lipinski definition) is 1. The van der Waals surface area contributed by atoms with Crippen molar-refractivity contribution in [2.45, 2.75) is 25.8 Å². The minimum absolute atomic E-state index is 0.339. The predicted molar refractivity (Wildman–Crippen MR) is 59.5 cm³/mol. The Bertz CT molecular complexity index is 519. The monoisotopic (exact) mass is 314 g/mol. The Balaban J connectivity index is 3.33. The molecular formula is C11H11F5N2O3. The number of nitrogens with two attached hydrogens (primary N) is 1. The molecule has 2 N–H and O–H groups in total. The van der Waals surface area contributed by atoms with Crippen LogP contribution in [0.25, 0.3) is 0 Å². The molecule has 0 atom stereocenters. The Labute approximate surface area is 115 Å². The van der Waals surface area contributed by atoms with Crippen molar-refractivity contribution in [3.63, 3.8) is 0 Å². The Morgan fingerprint density at radius 3 is 2.48 bits per heavy atom. The van der Waals surface area contributed by atoms with Gasteiger partial charge in [0.05, 0.1) is 19.2 Å². The second-order valence-corrected chi connectivity index (χ2v) is 3.79. The zero-order chi connectivity index (χ0) is 16.2. The number of hydrogen-bond acceptors (Lipinski definition) is 5. The zero-order valence-electron chi connectivity index (χ0n) is 10.7. The number of rotatable bonds is 5. The van der Waals surface area contributed by atoms with Crippen LogP contribution in [-0.2, 0) is 22.5 Å². The Morgan fingerprint density at radius 1 is 1.43 bits per heavy atom. The molecule has 0 spiro atoms. The molecule has 118 valence electrons. The van der Waals surface area contributed by atoms with Crippen molar-refractivity contribution in [1.82, 2.24) is 4.98 Å². The van der Waals surface area contributed by atoms with Crippen LogP contribution >= 0.6 is 0 Å². The summed E-state index contributed by atoms with van der Waals surface area (Å²) in [7, 11) is 1.04. The van der Waals surface area contributed by atoms with Crippen LogP contribution in [0, 0.1) is 0 Å². The highest BCUT2D eigenvalue weighted by molar-refractivity contribution is 5.72. The predicted octanol–water partition coefficient (Wildman–Crippen LogP) is 2.09. The lowest BCUT2D eigenvalue weighted by Gasteiger charge is -2.16. The summed E-state index contributed by atoms with van der Waals surface area (Å²) in [6.45, 7) is -0.628. The fourth-order valence-corrected chi connectivity index (χ4v) is 1.52. The summed E-state index contributed by atoms with van der Waals surface area (Å²) in [5, 5.41) is 0. The number of methoxy groups -OCH3 is 1. The topological polar surface area (TPSA) is 74.4 Å². The Kier molecular flexibility index (Phi) is 5.41. The maximum absolute atomic E-state index is 12.9. The van der Waals surface area contributed by atoms with Crippen molar-refractivity contribution in [1.29, 1.82) is 0 Å². The van der Waals surface area contributed by atoms with Crippen LogP contribution in [0.2, 0.25) is 0 Å². The lowest BCUT2D eigenvalue weighted by atomic mass is 10.1. The molecule has 0 aliphatic rings. The highest BCUT2D eigenvalue weighted by atomic mass is 19.4. The van der Waals surface area contributed by atoms with Crippen molar-refractivity contribution in [2.24, 2.45) is 5.73 Å². The zero-order valence-corrected chi connectivity index (χ0v) is 10.7. The molecule has 0 radical (unpaired) electrons.